The molecule has 1 rings (SSSR count). The quantitative estimate of drug-likeness (QED) is 0.574. The van der Waals surface area contributed by atoms with Crippen LogP contribution in [0.5, 0.6) is 0 Å². The summed E-state index contributed by atoms with van der Waals surface area (Å²) < 4.78 is 13.7. The first kappa shape index (κ1) is 14.6. The summed E-state index contributed by atoms with van der Waals surface area (Å²) in [6.45, 7) is 0. The van der Waals surface area contributed by atoms with Crippen molar-refractivity contribution in [2.24, 2.45) is 0 Å². The Morgan fingerprint density at radius 3 is 1.79 bits per heavy atom. The molecule has 0 radical (unpaired) electrons. The summed E-state index contributed by atoms with van der Waals surface area (Å²) >= 11 is 0. The fourth-order valence-corrected chi connectivity index (χ4v) is 1.47. The number of aromatic nitrogens is 1. The van der Waals surface area contributed by atoms with Crippen molar-refractivity contribution in [3.05, 3.63) is 29.1 Å². The van der Waals surface area contributed by atoms with Gasteiger partial charge in [0.15, 0.2) is 0 Å². The number of carbonyl (C=O) groups is 3. The van der Waals surface area contributed by atoms with E-state index in [1.54, 1.807) is 0 Å². The van der Waals surface area contributed by atoms with Crippen molar-refractivity contribution in [1.82, 2.24) is 4.98 Å². The van der Waals surface area contributed by atoms with Gasteiger partial charge in [0.2, 0.25) is 0 Å². The lowest BCUT2D eigenvalue weighted by Gasteiger charge is -2.10. The Morgan fingerprint density at radius 2 is 1.42 bits per heavy atom. The van der Waals surface area contributed by atoms with Crippen molar-refractivity contribution in [1.29, 1.82) is 0 Å². The van der Waals surface area contributed by atoms with E-state index in [0.29, 0.717) is 0 Å². The van der Waals surface area contributed by atoms with Gasteiger partial charge in [-0.1, -0.05) is 0 Å². The Hall–Kier alpha value is -2.44. The van der Waals surface area contributed by atoms with E-state index in [1.807, 2.05) is 0 Å². The van der Waals surface area contributed by atoms with Crippen molar-refractivity contribution in [3.63, 3.8) is 0 Å². The number of ether oxygens (including phenoxy) is 3. The van der Waals surface area contributed by atoms with Crippen LogP contribution in [0.25, 0.3) is 0 Å². The van der Waals surface area contributed by atoms with Crippen molar-refractivity contribution in [3.8, 4) is 0 Å². The number of methoxy groups -OCH3 is 3. The van der Waals surface area contributed by atoms with Gasteiger partial charge in [0.05, 0.1) is 38.9 Å². The first-order valence-electron chi connectivity index (χ1n) is 5.25. The second kappa shape index (κ2) is 6.48. The topological polar surface area (TPSA) is 91.8 Å². The summed E-state index contributed by atoms with van der Waals surface area (Å²) in [6.07, 6.45) is 2.18. The largest absolute Gasteiger partial charge is 0.469 e. The van der Waals surface area contributed by atoms with Crippen molar-refractivity contribution >= 4 is 17.9 Å². The highest BCUT2D eigenvalue weighted by Gasteiger charge is 2.23. The molecule has 7 heteroatoms. The zero-order chi connectivity index (χ0) is 14.4. The zero-order valence-corrected chi connectivity index (χ0v) is 10.8. The Labute approximate surface area is 109 Å². The van der Waals surface area contributed by atoms with E-state index >= 15 is 0 Å². The number of esters is 3. The lowest BCUT2D eigenvalue weighted by atomic mass is 10.0. The fourth-order valence-electron chi connectivity index (χ4n) is 1.47. The van der Waals surface area contributed by atoms with Crippen LogP contribution in [-0.4, -0.2) is 44.2 Å². The lowest BCUT2D eigenvalue weighted by molar-refractivity contribution is -0.139. The molecule has 0 aliphatic heterocycles. The second-order valence-corrected chi connectivity index (χ2v) is 3.45. The molecule has 0 aromatic carbocycles. The van der Waals surface area contributed by atoms with Gasteiger partial charge in [-0.2, -0.15) is 0 Å². The predicted octanol–water partition coefficient (Wildman–Crippen LogP) is 0.370. The van der Waals surface area contributed by atoms with Gasteiger partial charge in [-0.3, -0.25) is 9.78 Å². The Kier molecular flexibility index (Phi) is 4.99. The maximum absolute atomic E-state index is 11.6. The van der Waals surface area contributed by atoms with Crippen LogP contribution in [-0.2, 0) is 25.4 Å². The lowest BCUT2D eigenvalue weighted by Crippen LogP contribution is -2.17. The van der Waals surface area contributed by atoms with Gasteiger partial charge in [-0.25, -0.2) is 9.59 Å². The molecule has 1 aromatic heterocycles. The van der Waals surface area contributed by atoms with Crippen LogP contribution in [0.2, 0.25) is 0 Å². The van der Waals surface area contributed by atoms with Crippen LogP contribution >= 0.6 is 0 Å². The maximum Gasteiger partial charge on any atom is 0.339 e. The Bertz CT molecular complexity index is 477. The van der Waals surface area contributed by atoms with Gasteiger partial charge in [-0.05, 0) is 5.56 Å². The van der Waals surface area contributed by atoms with Gasteiger partial charge < -0.3 is 14.2 Å². The highest BCUT2D eigenvalue weighted by molar-refractivity contribution is 5.99. The molecule has 0 aliphatic carbocycles. The number of hydrogen-bond acceptors (Lipinski definition) is 7. The minimum Gasteiger partial charge on any atom is -0.469 e. The van der Waals surface area contributed by atoms with Gasteiger partial charge in [0.1, 0.15) is 0 Å². The second-order valence-electron chi connectivity index (χ2n) is 3.45. The van der Waals surface area contributed by atoms with E-state index in [1.165, 1.54) is 33.7 Å². The molecule has 0 unspecified atom stereocenters. The molecule has 0 N–H and O–H groups in total. The molecular weight excluding hydrogens is 254 g/mol. The molecule has 0 bridgehead atoms. The van der Waals surface area contributed by atoms with Gasteiger partial charge >= 0.3 is 17.9 Å². The molecule has 1 heterocycles. The van der Waals surface area contributed by atoms with Crippen LogP contribution in [0, 0.1) is 0 Å². The Morgan fingerprint density at radius 1 is 0.947 bits per heavy atom. The van der Waals surface area contributed by atoms with Crippen molar-refractivity contribution in [2.45, 2.75) is 6.42 Å². The molecule has 0 amide bonds. The first-order valence-corrected chi connectivity index (χ1v) is 5.25. The summed E-state index contributed by atoms with van der Waals surface area (Å²) in [5.74, 6) is -1.99. The molecule has 1 aromatic rings. The average Bonchev–Trinajstić information content (AvgIpc) is 2.45. The van der Waals surface area contributed by atoms with E-state index in [-0.39, 0.29) is 23.1 Å². The van der Waals surface area contributed by atoms with Crippen LogP contribution in [0.4, 0.5) is 0 Å². The third-order valence-corrected chi connectivity index (χ3v) is 2.42. The summed E-state index contributed by atoms with van der Waals surface area (Å²) in [5.41, 5.74) is 0.215. The number of carbonyl (C=O) groups excluding carboxylic acids is 3. The standard InChI is InChI=1S/C12H13NO6/c1-17-10(14)4-7-8(11(15)18-2)5-13-6-9(7)12(16)19-3/h5-6H,4H2,1-3H3. The van der Waals surface area contributed by atoms with Crippen LogP contribution in [0.1, 0.15) is 26.3 Å². The Balaban J connectivity index is 3.35. The van der Waals surface area contributed by atoms with Crippen molar-refractivity contribution in [2.75, 3.05) is 21.3 Å². The maximum atomic E-state index is 11.6. The smallest absolute Gasteiger partial charge is 0.339 e. The number of pyridine rings is 1. The van der Waals surface area contributed by atoms with Crippen LogP contribution in [0.15, 0.2) is 12.4 Å². The third kappa shape index (κ3) is 3.27. The molecule has 0 spiro atoms. The zero-order valence-electron chi connectivity index (χ0n) is 10.8. The molecule has 0 saturated heterocycles. The van der Waals surface area contributed by atoms with E-state index in [4.69, 9.17) is 0 Å². The van der Waals surface area contributed by atoms with Gasteiger partial charge in [0, 0.05) is 12.4 Å². The highest BCUT2D eigenvalue weighted by Crippen LogP contribution is 2.17. The van der Waals surface area contributed by atoms with Crippen molar-refractivity contribution < 1.29 is 28.6 Å². The minimum absolute atomic E-state index is 0.0239. The van der Waals surface area contributed by atoms with Crippen LogP contribution < -0.4 is 0 Å². The number of nitrogens with zero attached hydrogens (tertiary/aromatic N) is 1. The first-order chi connectivity index (χ1) is 9.04. The SMILES string of the molecule is COC(=O)Cc1c(C(=O)OC)cncc1C(=O)OC. The molecule has 0 aliphatic rings. The molecule has 7 nitrogen and oxygen atoms in total. The van der Waals surface area contributed by atoms with E-state index in [9.17, 15) is 14.4 Å². The fraction of sp³-hybridized carbons (Fsp3) is 0.333. The van der Waals surface area contributed by atoms with E-state index in [0.717, 1.165) is 0 Å². The molecule has 0 fully saturated rings. The number of rotatable bonds is 4. The van der Waals surface area contributed by atoms with E-state index in [2.05, 4.69) is 19.2 Å². The summed E-state index contributed by atoms with van der Waals surface area (Å²) in [7, 11) is 3.59. The summed E-state index contributed by atoms with van der Waals surface area (Å²) in [5, 5.41) is 0. The molecule has 19 heavy (non-hydrogen) atoms. The molecule has 0 saturated carbocycles. The monoisotopic (exact) mass is 267 g/mol. The van der Waals surface area contributed by atoms with Gasteiger partial charge in [0.25, 0.3) is 0 Å². The van der Waals surface area contributed by atoms with Crippen LogP contribution in [0.3, 0.4) is 0 Å². The third-order valence-electron chi connectivity index (χ3n) is 2.42. The predicted molar refractivity (Wildman–Crippen MR) is 62.6 cm³/mol. The number of hydrogen-bond donors (Lipinski definition) is 0. The summed E-state index contributed by atoms with van der Waals surface area (Å²) in [4.78, 5) is 38.3. The van der Waals surface area contributed by atoms with E-state index < -0.39 is 17.9 Å². The van der Waals surface area contributed by atoms with Gasteiger partial charge in [-0.15, -0.1) is 0 Å². The molecule has 0 atom stereocenters. The molecular formula is C12H13NO6. The average molecular weight is 267 g/mol. The highest BCUT2D eigenvalue weighted by atomic mass is 16.5. The minimum atomic E-state index is -0.697. The normalized spacial score (nSPS) is 9.63. The molecule has 102 valence electrons. The summed E-state index contributed by atoms with van der Waals surface area (Å²) in [6, 6.07) is 0.